The Morgan fingerprint density at radius 2 is 1.45 bits per heavy atom. The molecule has 4 heterocycles. The van der Waals surface area contributed by atoms with Gasteiger partial charge in [0.15, 0.2) is 0 Å². The molecule has 33 heavy (non-hydrogen) atoms. The van der Waals surface area contributed by atoms with Gasteiger partial charge in [-0.25, -0.2) is 9.97 Å². The first kappa shape index (κ1) is 26.8. The third kappa shape index (κ3) is 8.80. The molecule has 0 aliphatic rings. The van der Waals surface area contributed by atoms with Gasteiger partial charge in [-0.05, 0) is 45.7 Å². The molecule has 0 atom stereocenters. The van der Waals surface area contributed by atoms with E-state index in [2.05, 4.69) is 46.3 Å². The predicted molar refractivity (Wildman–Crippen MR) is 127 cm³/mol. The second kappa shape index (κ2) is 13.2. The standard InChI is InChI=1S/C9H7N5.C6H5BN2O2.C3H4BrN3.CH4/c10-5-7-3-6(1-2-12-7)8-4-9(11)14-13-8;8-4-6-3-5(7(10)11)1-2-9-6;4-2-1-3(5)7-6-2;/h1-4H,(H3,11,13,14);1-3,10-11H;1H,(H3,5,6,7);1H4. The molecule has 14 heteroatoms. The highest BCUT2D eigenvalue weighted by molar-refractivity contribution is 9.10. The van der Waals surface area contributed by atoms with Gasteiger partial charge in [0.1, 0.15) is 39.8 Å². The van der Waals surface area contributed by atoms with Crippen molar-refractivity contribution in [3.05, 3.63) is 64.8 Å². The molecule has 0 aromatic carbocycles. The number of aromatic nitrogens is 6. The molecule has 0 saturated heterocycles. The molecule has 0 aliphatic carbocycles. The second-order valence-electron chi connectivity index (χ2n) is 5.85. The Kier molecular flexibility index (Phi) is 10.7. The summed E-state index contributed by atoms with van der Waals surface area (Å²) in [6.45, 7) is 0. The number of nitriles is 2. The van der Waals surface area contributed by atoms with Crippen molar-refractivity contribution < 1.29 is 10.0 Å². The fraction of sp³-hybridized carbons (Fsp3) is 0.0526. The van der Waals surface area contributed by atoms with Crippen molar-refractivity contribution in [2.24, 2.45) is 0 Å². The summed E-state index contributed by atoms with van der Waals surface area (Å²) in [6.07, 6.45) is 2.93. The Hall–Kier alpha value is -4.24. The first-order valence-corrected chi connectivity index (χ1v) is 9.47. The summed E-state index contributed by atoms with van der Waals surface area (Å²) in [4.78, 5) is 7.52. The molecule has 4 aromatic rings. The van der Waals surface area contributed by atoms with E-state index in [1.54, 1.807) is 36.5 Å². The van der Waals surface area contributed by atoms with Crippen molar-refractivity contribution in [1.82, 2.24) is 30.4 Å². The molecule has 0 saturated carbocycles. The molecule has 0 bridgehead atoms. The maximum absolute atomic E-state index is 8.66. The summed E-state index contributed by atoms with van der Waals surface area (Å²) in [5.74, 6) is 0.933. The Morgan fingerprint density at radius 1 is 0.879 bits per heavy atom. The molecule has 0 amide bonds. The molecule has 0 fully saturated rings. The van der Waals surface area contributed by atoms with Crippen LogP contribution in [0.15, 0.2) is 53.4 Å². The fourth-order valence-electron chi connectivity index (χ4n) is 2.13. The lowest BCUT2D eigenvalue weighted by atomic mass is 9.81. The normalized spacial score (nSPS) is 9.00. The number of nitrogens with zero attached hydrogens (tertiary/aromatic N) is 6. The van der Waals surface area contributed by atoms with Gasteiger partial charge in [-0.1, -0.05) is 7.43 Å². The Balaban J connectivity index is 0.000000257. The first-order valence-electron chi connectivity index (χ1n) is 8.68. The third-order valence-corrected chi connectivity index (χ3v) is 3.95. The van der Waals surface area contributed by atoms with E-state index in [1.807, 2.05) is 6.07 Å². The van der Waals surface area contributed by atoms with Crippen LogP contribution in [0.3, 0.4) is 0 Å². The zero-order chi connectivity index (χ0) is 23.5. The number of rotatable bonds is 2. The quantitative estimate of drug-likeness (QED) is 0.209. The lowest BCUT2D eigenvalue weighted by Crippen LogP contribution is -2.29. The van der Waals surface area contributed by atoms with Crippen molar-refractivity contribution in [1.29, 1.82) is 10.5 Å². The highest BCUT2D eigenvalue weighted by Gasteiger charge is 2.10. The minimum absolute atomic E-state index is 0. The molecule has 0 radical (unpaired) electrons. The number of nitrogens with one attached hydrogen (secondary N) is 2. The van der Waals surface area contributed by atoms with Crippen molar-refractivity contribution in [2.45, 2.75) is 7.43 Å². The summed E-state index contributed by atoms with van der Waals surface area (Å²) in [5.41, 5.74) is 13.1. The summed E-state index contributed by atoms with van der Waals surface area (Å²) in [5, 5.41) is 47.1. The van der Waals surface area contributed by atoms with Crippen LogP contribution in [0, 0.1) is 22.7 Å². The topological polar surface area (TPSA) is 223 Å². The SMILES string of the molecule is C.N#Cc1cc(-c2cc(N)n[nH]2)ccn1.N#Cc1cc(B(O)O)ccn1.Nc1cc(Br)[nH]n1. The zero-order valence-corrected chi connectivity index (χ0v) is 17.9. The van der Waals surface area contributed by atoms with Crippen LogP contribution < -0.4 is 16.9 Å². The number of pyridine rings is 2. The van der Waals surface area contributed by atoms with Crippen molar-refractivity contribution in [2.75, 3.05) is 11.5 Å². The van der Waals surface area contributed by atoms with Gasteiger partial charge < -0.3 is 21.5 Å². The Labute approximate surface area is 198 Å². The zero-order valence-electron chi connectivity index (χ0n) is 16.3. The number of halogens is 1. The molecule has 0 aliphatic heterocycles. The number of hydrogen-bond acceptors (Lipinski definition) is 10. The molecule has 8 N–H and O–H groups in total. The summed E-state index contributed by atoms with van der Waals surface area (Å²) >= 11 is 3.13. The van der Waals surface area contributed by atoms with Gasteiger partial charge in [0.05, 0.1) is 5.69 Å². The summed E-state index contributed by atoms with van der Waals surface area (Å²) in [7, 11) is -1.54. The number of nitrogen functional groups attached to an aromatic ring is 2. The van der Waals surface area contributed by atoms with Crippen molar-refractivity contribution in [3.8, 4) is 23.4 Å². The molecule has 4 aromatic heterocycles. The second-order valence-corrected chi connectivity index (χ2v) is 6.70. The van der Waals surface area contributed by atoms with E-state index in [4.69, 9.17) is 32.0 Å². The van der Waals surface area contributed by atoms with Crippen molar-refractivity contribution >= 4 is 40.1 Å². The van der Waals surface area contributed by atoms with E-state index < -0.39 is 7.12 Å². The van der Waals surface area contributed by atoms with Gasteiger partial charge in [-0.15, -0.1) is 0 Å². The van der Waals surface area contributed by atoms with Crippen LogP contribution in [0.1, 0.15) is 18.8 Å². The highest BCUT2D eigenvalue weighted by Crippen LogP contribution is 2.18. The number of nitrogens with two attached hydrogens (primary N) is 2. The maximum Gasteiger partial charge on any atom is 0.488 e. The first-order chi connectivity index (χ1) is 15.3. The van der Waals surface area contributed by atoms with Gasteiger partial charge >= 0.3 is 7.12 Å². The van der Waals surface area contributed by atoms with E-state index in [9.17, 15) is 0 Å². The van der Waals surface area contributed by atoms with Crippen LogP contribution in [-0.4, -0.2) is 47.5 Å². The van der Waals surface area contributed by atoms with Crippen LogP contribution in [0.2, 0.25) is 0 Å². The molecule has 0 spiro atoms. The molecule has 12 nitrogen and oxygen atoms in total. The van der Waals surface area contributed by atoms with E-state index in [0.29, 0.717) is 17.3 Å². The van der Waals surface area contributed by atoms with Gasteiger partial charge in [-0.3, -0.25) is 10.2 Å². The molecular formula is C19H20BBrN10O2. The predicted octanol–water partition coefficient (Wildman–Crippen LogP) is 0.949. The third-order valence-electron chi connectivity index (χ3n) is 3.55. The van der Waals surface area contributed by atoms with Crippen LogP contribution in [0.25, 0.3) is 11.3 Å². The van der Waals surface area contributed by atoms with Crippen LogP contribution >= 0.6 is 15.9 Å². The lowest BCUT2D eigenvalue weighted by Gasteiger charge is -1.96. The fourth-order valence-corrected chi connectivity index (χ4v) is 2.45. The number of aromatic amines is 2. The molecule has 0 unspecified atom stereocenters. The van der Waals surface area contributed by atoms with Gasteiger partial charge in [0.2, 0.25) is 0 Å². The van der Waals surface area contributed by atoms with E-state index in [0.717, 1.165) is 15.9 Å². The molecular weight excluding hydrogens is 491 g/mol. The van der Waals surface area contributed by atoms with Gasteiger partial charge in [0, 0.05) is 30.1 Å². The van der Waals surface area contributed by atoms with Crippen LogP contribution in [-0.2, 0) is 0 Å². The Morgan fingerprint density at radius 3 is 1.91 bits per heavy atom. The molecule has 4 rings (SSSR count). The highest BCUT2D eigenvalue weighted by atomic mass is 79.9. The van der Waals surface area contributed by atoms with Gasteiger partial charge in [-0.2, -0.15) is 20.7 Å². The minimum Gasteiger partial charge on any atom is -0.423 e. The maximum atomic E-state index is 8.66. The number of hydrogen-bond donors (Lipinski definition) is 6. The van der Waals surface area contributed by atoms with E-state index in [1.165, 1.54) is 18.3 Å². The van der Waals surface area contributed by atoms with Crippen molar-refractivity contribution in [3.63, 3.8) is 0 Å². The lowest BCUT2D eigenvalue weighted by molar-refractivity contribution is 0.425. The van der Waals surface area contributed by atoms with E-state index >= 15 is 0 Å². The van der Waals surface area contributed by atoms with E-state index in [-0.39, 0.29) is 18.6 Å². The smallest absolute Gasteiger partial charge is 0.423 e. The summed E-state index contributed by atoms with van der Waals surface area (Å²) in [6, 6.07) is 13.4. The number of H-pyrrole nitrogens is 2. The van der Waals surface area contributed by atoms with Crippen LogP contribution in [0.5, 0.6) is 0 Å². The van der Waals surface area contributed by atoms with Crippen LogP contribution in [0.4, 0.5) is 11.6 Å². The van der Waals surface area contributed by atoms with Gasteiger partial charge in [0.25, 0.3) is 0 Å². The minimum atomic E-state index is -1.54. The average Bonchev–Trinajstić information content (AvgIpc) is 3.41. The number of anilines is 2. The molecule has 168 valence electrons. The monoisotopic (exact) mass is 510 g/mol. The average molecular weight is 511 g/mol. The Bertz CT molecular complexity index is 1230. The largest absolute Gasteiger partial charge is 0.488 e. The summed E-state index contributed by atoms with van der Waals surface area (Å²) < 4.78 is 0.810.